The Kier molecular flexibility index (Phi) is 4.47. The van der Waals surface area contributed by atoms with Gasteiger partial charge in [-0.1, -0.05) is 15.9 Å². The number of carbonyl (C=O) groups is 1. The Balaban J connectivity index is 2.30. The molecule has 0 spiro atoms. The highest BCUT2D eigenvalue weighted by molar-refractivity contribution is 9.10. The number of carboxylic acids is 1. The number of hydrogen-bond acceptors (Lipinski definition) is 3. The van der Waals surface area contributed by atoms with Gasteiger partial charge in [-0.2, -0.15) is 0 Å². The zero-order valence-electron chi connectivity index (χ0n) is 11.3. The second kappa shape index (κ2) is 5.92. The Bertz CT molecular complexity index is 477. The second-order valence-electron chi connectivity index (χ2n) is 5.17. The predicted octanol–water partition coefficient (Wildman–Crippen LogP) is 2.68. The SMILES string of the molecule is CN(C)C1CCCN(c2cc(Br)ccc2C(=O)O)C1. The summed E-state index contributed by atoms with van der Waals surface area (Å²) in [7, 11) is 4.15. The van der Waals surface area contributed by atoms with Crippen LogP contribution in [-0.4, -0.2) is 49.2 Å². The third-order valence-corrected chi connectivity index (χ3v) is 4.15. The van der Waals surface area contributed by atoms with Gasteiger partial charge >= 0.3 is 5.97 Å². The van der Waals surface area contributed by atoms with E-state index in [1.54, 1.807) is 12.1 Å². The topological polar surface area (TPSA) is 43.8 Å². The Morgan fingerprint density at radius 3 is 2.84 bits per heavy atom. The van der Waals surface area contributed by atoms with Gasteiger partial charge in [-0.05, 0) is 45.1 Å². The monoisotopic (exact) mass is 326 g/mol. The molecule has 1 aromatic rings. The first-order valence-corrected chi connectivity index (χ1v) is 7.22. The minimum atomic E-state index is -0.866. The van der Waals surface area contributed by atoms with Gasteiger partial charge in [-0.3, -0.25) is 0 Å². The van der Waals surface area contributed by atoms with Crippen LogP contribution in [0.1, 0.15) is 23.2 Å². The number of carboxylic acid groups (broad SMARTS) is 1. The van der Waals surface area contributed by atoms with Crippen molar-refractivity contribution in [3.8, 4) is 0 Å². The lowest BCUT2D eigenvalue weighted by atomic mass is 10.0. The largest absolute Gasteiger partial charge is 0.478 e. The number of nitrogens with zero attached hydrogens (tertiary/aromatic N) is 2. The van der Waals surface area contributed by atoms with Crippen LogP contribution in [0.5, 0.6) is 0 Å². The van der Waals surface area contributed by atoms with Crippen LogP contribution in [0.15, 0.2) is 22.7 Å². The average molecular weight is 327 g/mol. The number of benzene rings is 1. The van der Waals surface area contributed by atoms with Crippen LogP contribution in [0.4, 0.5) is 5.69 Å². The number of hydrogen-bond donors (Lipinski definition) is 1. The fourth-order valence-electron chi connectivity index (χ4n) is 2.54. The zero-order chi connectivity index (χ0) is 14.0. The van der Waals surface area contributed by atoms with E-state index in [0.29, 0.717) is 11.6 Å². The van der Waals surface area contributed by atoms with Crippen molar-refractivity contribution in [1.82, 2.24) is 4.90 Å². The molecule has 5 heteroatoms. The molecule has 104 valence electrons. The predicted molar refractivity (Wildman–Crippen MR) is 80.0 cm³/mol. The summed E-state index contributed by atoms with van der Waals surface area (Å²) in [6, 6.07) is 5.83. The van der Waals surface area contributed by atoms with E-state index in [2.05, 4.69) is 39.8 Å². The molecule has 1 saturated heterocycles. The summed E-state index contributed by atoms with van der Waals surface area (Å²) in [5, 5.41) is 9.31. The van der Waals surface area contributed by atoms with E-state index in [1.807, 2.05) is 6.07 Å². The molecule has 1 unspecified atom stereocenters. The first-order chi connectivity index (χ1) is 8.99. The van der Waals surface area contributed by atoms with E-state index in [4.69, 9.17) is 0 Å². The molecule has 1 aromatic carbocycles. The molecule has 0 aliphatic carbocycles. The van der Waals surface area contributed by atoms with Gasteiger partial charge in [0.05, 0.1) is 11.3 Å². The normalized spacial score (nSPS) is 19.8. The minimum Gasteiger partial charge on any atom is -0.478 e. The van der Waals surface area contributed by atoms with E-state index in [9.17, 15) is 9.90 Å². The third-order valence-electron chi connectivity index (χ3n) is 3.66. The zero-order valence-corrected chi connectivity index (χ0v) is 12.9. The van der Waals surface area contributed by atoms with E-state index in [0.717, 1.165) is 29.7 Å². The van der Waals surface area contributed by atoms with E-state index in [-0.39, 0.29) is 0 Å². The molecule has 1 aliphatic rings. The lowest BCUT2D eigenvalue weighted by Gasteiger charge is -2.38. The van der Waals surface area contributed by atoms with Crippen LogP contribution in [0.25, 0.3) is 0 Å². The summed E-state index contributed by atoms with van der Waals surface area (Å²) in [6.45, 7) is 1.80. The highest BCUT2D eigenvalue weighted by Gasteiger charge is 2.24. The number of rotatable bonds is 3. The molecule has 1 heterocycles. The number of anilines is 1. The lowest BCUT2D eigenvalue weighted by molar-refractivity contribution is 0.0697. The minimum absolute atomic E-state index is 0.377. The molecular weight excluding hydrogens is 308 g/mol. The summed E-state index contributed by atoms with van der Waals surface area (Å²) in [5.74, 6) is -0.866. The van der Waals surface area contributed by atoms with E-state index in [1.165, 1.54) is 6.42 Å². The first-order valence-electron chi connectivity index (χ1n) is 6.43. The van der Waals surface area contributed by atoms with Crippen LogP contribution in [0, 0.1) is 0 Å². The summed E-state index contributed by atoms with van der Waals surface area (Å²) in [4.78, 5) is 15.7. The van der Waals surface area contributed by atoms with Crippen molar-refractivity contribution in [3.63, 3.8) is 0 Å². The van der Waals surface area contributed by atoms with Gasteiger partial charge in [0.2, 0.25) is 0 Å². The van der Waals surface area contributed by atoms with Gasteiger partial charge in [0.25, 0.3) is 0 Å². The summed E-state index contributed by atoms with van der Waals surface area (Å²) in [5.41, 5.74) is 1.19. The molecule has 19 heavy (non-hydrogen) atoms. The maximum atomic E-state index is 11.3. The van der Waals surface area contributed by atoms with Gasteiger partial charge in [-0.15, -0.1) is 0 Å². The lowest BCUT2D eigenvalue weighted by Crippen LogP contribution is -2.45. The molecular formula is C14H19BrN2O2. The maximum Gasteiger partial charge on any atom is 0.337 e. The molecule has 0 radical (unpaired) electrons. The second-order valence-corrected chi connectivity index (χ2v) is 6.09. The van der Waals surface area contributed by atoms with Crippen molar-refractivity contribution in [2.45, 2.75) is 18.9 Å². The van der Waals surface area contributed by atoms with Crippen LogP contribution >= 0.6 is 15.9 Å². The Hall–Kier alpha value is -1.07. The Labute approximate surface area is 122 Å². The molecule has 4 nitrogen and oxygen atoms in total. The highest BCUT2D eigenvalue weighted by Crippen LogP contribution is 2.28. The van der Waals surface area contributed by atoms with Gasteiger partial charge in [0.15, 0.2) is 0 Å². The summed E-state index contributed by atoms with van der Waals surface area (Å²) >= 11 is 3.43. The Morgan fingerprint density at radius 2 is 2.21 bits per heavy atom. The van der Waals surface area contributed by atoms with Gasteiger partial charge in [0, 0.05) is 23.6 Å². The molecule has 1 aliphatic heterocycles. The molecule has 0 saturated carbocycles. The van der Waals surface area contributed by atoms with Gasteiger partial charge in [0.1, 0.15) is 0 Å². The summed E-state index contributed by atoms with van der Waals surface area (Å²) in [6.07, 6.45) is 2.26. The van der Waals surface area contributed by atoms with Crippen molar-refractivity contribution >= 4 is 27.6 Å². The van der Waals surface area contributed by atoms with Crippen LogP contribution in [0.2, 0.25) is 0 Å². The molecule has 0 aromatic heterocycles. The average Bonchev–Trinajstić information content (AvgIpc) is 2.38. The van der Waals surface area contributed by atoms with Crippen molar-refractivity contribution in [2.75, 3.05) is 32.1 Å². The van der Waals surface area contributed by atoms with Crippen molar-refractivity contribution in [2.24, 2.45) is 0 Å². The van der Waals surface area contributed by atoms with Crippen LogP contribution < -0.4 is 4.90 Å². The number of likely N-dealkylation sites (N-methyl/N-ethyl adjacent to an activating group) is 1. The van der Waals surface area contributed by atoms with E-state index >= 15 is 0 Å². The van der Waals surface area contributed by atoms with Gasteiger partial charge < -0.3 is 14.9 Å². The smallest absolute Gasteiger partial charge is 0.337 e. The number of piperidine rings is 1. The quantitative estimate of drug-likeness (QED) is 0.927. The standard InChI is InChI=1S/C14H19BrN2O2/c1-16(2)11-4-3-7-17(9-11)13-8-10(15)5-6-12(13)14(18)19/h5-6,8,11H,3-4,7,9H2,1-2H3,(H,18,19). The molecule has 1 atom stereocenters. The number of halogens is 1. The molecule has 1 fully saturated rings. The highest BCUT2D eigenvalue weighted by atomic mass is 79.9. The molecule has 0 amide bonds. The maximum absolute atomic E-state index is 11.3. The van der Waals surface area contributed by atoms with E-state index < -0.39 is 5.97 Å². The molecule has 0 bridgehead atoms. The summed E-state index contributed by atoms with van der Waals surface area (Å²) < 4.78 is 0.916. The fourth-order valence-corrected chi connectivity index (χ4v) is 2.89. The van der Waals surface area contributed by atoms with Crippen LogP contribution in [0.3, 0.4) is 0 Å². The first kappa shape index (κ1) is 14.3. The van der Waals surface area contributed by atoms with Gasteiger partial charge in [-0.25, -0.2) is 4.79 Å². The molecule has 1 N–H and O–H groups in total. The fraction of sp³-hybridized carbons (Fsp3) is 0.500. The molecule has 2 rings (SSSR count). The van der Waals surface area contributed by atoms with Crippen molar-refractivity contribution in [3.05, 3.63) is 28.2 Å². The Morgan fingerprint density at radius 1 is 1.47 bits per heavy atom. The van der Waals surface area contributed by atoms with Crippen molar-refractivity contribution in [1.29, 1.82) is 0 Å². The van der Waals surface area contributed by atoms with Crippen molar-refractivity contribution < 1.29 is 9.90 Å². The number of aromatic carboxylic acids is 1. The van der Waals surface area contributed by atoms with Crippen LogP contribution in [-0.2, 0) is 0 Å². The third kappa shape index (κ3) is 3.28.